The van der Waals surface area contributed by atoms with Gasteiger partial charge in [0.15, 0.2) is 0 Å². The van der Waals surface area contributed by atoms with Crippen LogP contribution in [-0.4, -0.2) is 22.8 Å². The van der Waals surface area contributed by atoms with E-state index in [0.717, 1.165) is 87.9 Å². The van der Waals surface area contributed by atoms with E-state index in [0.29, 0.717) is 19.8 Å². The monoisotopic (exact) mass is 594 g/mol. The van der Waals surface area contributed by atoms with E-state index in [4.69, 9.17) is 18.9 Å². The van der Waals surface area contributed by atoms with Gasteiger partial charge in [0.05, 0.1) is 13.2 Å². The molecule has 0 saturated carbocycles. The lowest BCUT2D eigenvalue weighted by molar-refractivity contribution is 0.243. The minimum atomic E-state index is 0.455. The van der Waals surface area contributed by atoms with Crippen LogP contribution < -0.4 is 18.9 Å². The lowest BCUT2D eigenvalue weighted by atomic mass is 10.0. The highest BCUT2D eigenvalue weighted by atomic mass is 32.1. The minimum absolute atomic E-state index is 0.455. The van der Waals surface area contributed by atoms with E-state index in [1.165, 1.54) is 11.5 Å². The van der Waals surface area contributed by atoms with Crippen molar-refractivity contribution in [2.75, 3.05) is 13.2 Å². The number of para-hydroxylation sites is 1. The SMILES string of the molecule is CCCc1c(OCCCOc2cc(OCc3ccccc3)c(-c3csnn3)cc2CC)cccc1Oc1ccccc1C. The van der Waals surface area contributed by atoms with Crippen LogP contribution in [0.2, 0.25) is 0 Å². The molecule has 0 aliphatic rings. The van der Waals surface area contributed by atoms with Crippen molar-refractivity contribution in [3.63, 3.8) is 0 Å². The third kappa shape index (κ3) is 7.93. The Hall–Kier alpha value is -4.36. The molecule has 6 nitrogen and oxygen atoms in total. The fourth-order valence-corrected chi connectivity index (χ4v) is 5.30. The van der Waals surface area contributed by atoms with E-state index in [1.54, 1.807) is 0 Å². The van der Waals surface area contributed by atoms with Crippen LogP contribution in [0.5, 0.6) is 28.7 Å². The summed E-state index contributed by atoms with van der Waals surface area (Å²) in [7, 11) is 0. The molecule has 0 aliphatic heterocycles. The normalized spacial score (nSPS) is 10.9. The maximum absolute atomic E-state index is 6.32. The fraction of sp³-hybridized carbons (Fsp3) is 0.278. The van der Waals surface area contributed by atoms with Crippen molar-refractivity contribution >= 4 is 11.5 Å². The van der Waals surface area contributed by atoms with E-state index in [-0.39, 0.29) is 0 Å². The first-order chi connectivity index (χ1) is 21.2. The maximum atomic E-state index is 6.32. The van der Waals surface area contributed by atoms with E-state index in [1.807, 2.05) is 66.0 Å². The van der Waals surface area contributed by atoms with Gasteiger partial charge >= 0.3 is 0 Å². The van der Waals surface area contributed by atoms with Gasteiger partial charge in [-0.3, -0.25) is 0 Å². The van der Waals surface area contributed by atoms with Crippen molar-refractivity contribution in [3.05, 3.63) is 113 Å². The predicted octanol–water partition coefficient (Wildman–Crippen LogP) is 9.25. The second-order valence-electron chi connectivity index (χ2n) is 10.3. The Kier molecular flexibility index (Phi) is 10.6. The van der Waals surface area contributed by atoms with Crippen LogP contribution in [0.3, 0.4) is 0 Å². The maximum Gasteiger partial charge on any atom is 0.134 e. The largest absolute Gasteiger partial charge is 0.493 e. The molecule has 0 radical (unpaired) electrons. The lowest BCUT2D eigenvalue weighted by Gasteiger charge is -2.18. The molecule has 0 bridgehead atoms. The van der Waals surface area contributed by atoms with Gasteiger partial charge in [0, 0.05) is 29.0 Å². The molecule has 0 atom stereocenters. The van der Waals surface area contributed by atoms with E-state index in [2.05, 4.69) is 54.6 Å². The smallest absolute Gasteiger partial charge is 0.134 e. The summed E-state index contributed by atoms with van der Waals surface area (Å²) in [5.41, 5.74) is 6.12. The third-order valence-electron chi connectivity index (χ3n) is 7.12. The average Bonchev–Trinajstić information content (AvgIpc) is 3.58. The summed E-state index contributed by atoms with van der Waals surface area (Å²) in [5, 5.41) is 6.24. The summed E-state index contributed by atoms with van der Waals surface area (Å²) in [4.78, 5) is 0. The number of aryl methyl sites for hydroxylation is 2. The van der Waals surface area contributed by atoms with Crippen LogP contribution in [0, 0.1) is 6.92 Å². The molecule has 222 valence electrons. The number of benzene rings is 4. The molecule has 43 heavy (non-hydrogen) atoms. The Morgan fingerprint density at radius 3 is 2.21 bits per heavy atom. The van der Waals surface area contributed by atoms with Crippen molar-refractivity contribution in [1.82, 2.24) is 9.59 Å². The number of rotatable bonds is 15. The molecule has 0 amide bonds. The third-order valence-corrected chi connectivity index (χ3v) is 7.63. The summed E-state index contributed by atoms with van der Waals surface area (Å²) < 4.78 is 29.2. The molecule has 0 N–H and O–H groups in total. The van der Waals surface area contributed by atoms with Gasteiger partial charge in [-0.1, -0.05) is 79.4 Å². The van der Waals surface area contributed by atoms with Crippen molar-refractivity contribution < 1.29 is 18.9 Å². The molecule has 5 aromatic rings. The Morgan fingerprint density at radius 1 is 0.721 bits per heavy atom. The number of ether oxygens (including phenoxy) is 4. The van der Waals surface area contributed by atoms with Gasteiger partial charge in [-0.25, -0.2) is 0 Å². The molecule has 0 aliphatic carbocycles. The molecule has 7 heteroatoms. The van der Waals surface area contributed by atoms with Crippen molar-refractivity contribution in [2.24, 2.45) is 0 Å². The molecule has 0 spiro atoms. The first-order valence-corrected chi connectivity index (χ1v) is 15.7. The fourth-order valence-electron chi connectivity index (χ4n) is 4.84. The van der Waals surface area contributed by atoms with Crippen molar-refractivity contribution in [1.29, 1.82) is 0 Å². The zero-order valence-electron chi connectivity index (χ0n) is 25.0. The topological polar surface area (TPSA) is 62.7 Å². The van der Waals surface area contributed by atoms with Crippen LogP contribution in [0.25, 0.3) is 11.3 Å². The van der Waals surface area contributed by atoms with Gasteiger partial charge in [0.1, 0.15) is 41.0 Å². The second kappa shape index (κ2) is 15.2. The van der Waals surface area contributed by atoms with Gasteiger partial charge in [-0.05, 0) is 72.3 Å². The summed E-state index contributed by atoms with van der Waals surface area (Å²) >= 11 is 1.33. The summed E-state index contributed by atoms with van der Waals surface area (Å²) in [6.07, 6.45) is 3.42. The standard InChI is InChI=1S/C36H38N2O4S/c1-4-13-29-33(18-11-19-34(29)42-32-17-10-9-14-26(32)3)39-20-12-21-40-35-23-36(41-24-27-15-7-6-8-16-27)30(22-28(35)5-2)31-25-43-38-37-31/h6-11,14-19,22-23,25H,4-5,12-13,20-21,24H2,1-3H3. The molecular weight excluding hydrogens is 556 g/mol. The highest BCUT2D eigenvalue weighted by Gasteiger charge is 2.16. The molecule has 0 fully saturated rings. The van der Waals surface area contributed by atoms with E-state index in [9.17, 15) is 0 Å². The Labute approximate surface area is 258 Å². The Balaban J connectivity index is 1.24. The van der Waals surface area contributed by atoms with Gasteiger partial charge in [-0.2, -0.15) is 0 Å². The molecule has 1 heterocycles. The first-order valence-electron chi connectivity index (χ1n) is 14.9. The molecule has 0 saturated heterocycles. The van der Waals surface area contributed by atoms with Crippen LogP contribution in [-0.2, 0) is 19.4 Å². The molecule has 5 rings (SSSR count). The predicted molar refractivity (Wildman–Crippen MR) is 173 cm³/mol. The van der Waals surface area contributed by atoms with Gasteiger partial charge in [0.25, 0.3) is 0 Å². The van der Waals surface area contributed by atoms with Crippen LogP contribution in [0.4, 0.5) is 0 Å². The highest BCUT2D eigenvalue weighted by molar-refractivity contribution is 7.03. The zero-order valence-corrected chi connectivity index (χ0v) is 25.9. The highest BCUT2D eigenvalue weighted by Crippen LogP contribution is 2.37. The van der Waals surface area contributed by atoms with Crippen LogP contribution >= 0.6 is 11.5 Å². The number of nitrogens with zero attached hydrogens (tertiary/aromatic N) is 2. The molecule has 0 unspecified atom stereocenters. The number of hydrogen-bond donors (Lipinski definition) is 0. The lowest BCUT2D eigenvalue weighted by Crippen LogP contribution is -2.08. The van der Waals surface area contributed by atoms with Gasteiger partial charge in [0.2, 0.25) is 0 Å². The van der Waals surface area contributed by atoms with E-state index < -0.39 is 0 Å². The van der Waals surface area contributed by atoms with E-state index >= 15 is 0 Å². The van der Waals surface area contributed by atoms with Gasteiger partial charge in [-0.15, -0.1) is 5.10 Å². The average molecular weight is 595 g/mol. The minimum Gasteiger partial charge on any atom is -0.493 e. The first kappa shape index (κ1) is 30.1. The van der Waals surface area contributed by atoms with Crippen LogP contribution in [0.15, 0.2) is 90.3 Å². The van der Waals surface area contributed by atoms with Crippen LogP contribution in [0.1, 0.15) is 48.9 Å². The van der Waals surface area contributed by atoms with Crippen molar-refractivity contribution in [2.45, 2.75) is 53.1 Å². The zero-order chi connectivity index (χ0) is 29.9. The Morgan fingerprint density at radius 2 is 1.47 bits per heavy atom. The molecule has 4 aromatic carbocycles. The quantitative estimate of drug-likeness (QED) is 0.113. The summed E-state index contributed by atoms with van der Waals surface area (Å²) in [5.74, 6) is 4.12. The summed E-state index contributed by atoms with van der Waals surface area (Å²) in [6.45, 7) is 7.86. The van der Waals surface area contributed by atoms with Crippen molar-refractivity contribution in [3.8, 4) is 40.0 Å². The number of hydrogen-bond acceptors (Lipinski definition) is 7. The summed E-state index contributed by atoms with van der Waals surface area (Å²) in [6, 6.07) is 28.3. The van der Waals surface area contributed by atoms with Gasteiger partial charge < -0.3 is 18.9 Å². The Bertz CT molecular complexity index is 1590. The number of aromatic nitrogens is 2. The second-order valence-corrected chi connectivity index (χ2v) is 10.9. The molecule has 1 aromatic heterocycles. The molecular formula is C36H38N2O4S.